The highest BCUT2D eigenvalue weighted by molar-refractivity contribution is 4.83. The fourth-order valence-corrected chi connectivity index (χ4v) is 3.66. The maximum atomic E-state index is 10.1. The highest BCUT2D eigenvalue weighted by Gasteiger charge is 2.29. The van der Waals surface area contributed by atoms with Gasteiger partial charge in [-0.05, 0) is 44.6 Å². The average molecular weight is 239 g/mol. The SMILES string of the molecule is CCCC1CCCCN1CC1CCCCC1O. The summed E-state index contributed by atoms with van der Waals surface area (Å²) in [5.41, 5.74) is 0. The van der Waals surface area contributed by atoms with Crippen molar-refractivity contribution in [1.29, 1.82) is 0 Å². The molecule has 0 aromatic rings. The van der Waals surface area contributed by atoms with Gasteiger partial charge < -0.3 is 10.0 Å². The Labute approximate surface area is 106 Å². The summed E-state index contributed by atoms with van der Waals surface area (Å²) in [6.45, 7) is 4.72. The number of hydrogen-bond donors (Lipinski definition) is 1. The van der Waals surface area contributed by atoms with Crippen molar-refractivity contribution in [2.45, 2.75) is 76.9 Å². The molecule has 1 saturated carbocycles. The van der Waals surface area contributed by atoms with Gasteiger partial charge >= 0.3 is 0 Å². The van der Waals surface area contributed by atoms with Gasteiger partial charge in [0.1, 0.15) is 0 Å². The number of likely N-dealkylation sites (tertiary alicyclic amines) is 1. The average Bonchev–Trinajstić information content (AvgIpc) is 2.35. The van der Waals surface area contributed by atoms with Crippen molar-refractivity contribution >= 4 is 0 Å². The smallest absolute Gasteiger partial charge is 0.0580 e. The number of hydrogen-bond acceptors (Lipinski definition) is 2. The highest BCUT2D eigenvalue weighted by atomic mass is 16.3. The van der Waals surface area contributed by atoms with Gasteiger partial charge in [0.05, 0.1) is 6.10 Å². The van der Waals surface area contributed by atoms with Crippen LogP contribution in [0.5, 0.6) is 0 Å². The van der Waals surface area contributed by atoms with E-state index in [1.54, 1.807) is 0 Å². The van der Waals surface area contributed by atoms with Gasteiger partial charge in [0.15, 0.2) is 0 Å². The fraction of sp³-hybridized carbons (Fsp3) is 1.00. The zero-order valence-electron chi connectivity index (χ0n) is 11.4. The lowest BCUT2D eigenvalue weighted by atomic mass is 9.85. The van der Waals surface area contributed by atoms with E-state index < -0.39 is 0 Å². The Morgan fingerprint density at radius 1 is 1.06 bits per heavy atom. The van der Waals surface area contributed by atoms with Crippen LogP contribution in [0.4, 0.5) is 0 Å². The molecule has 1 aliphatic heterocycles. The van der Waals surface area contributed by atoms with Gasteiger partial charge in [-0.25, -0.2) is 0 Å². The van der Waals surface area contributed by atoms with Crippen LogP contribution in [0.2, 0.25) is 0 Å². The summed E-state index contributed by atoms with van der Waals surface area (Å²) in [7, 11) is 0. The first-order valence-electron chi connectivity index (χ1n) is 7.73. The molecule has 100 valence electrons. The second kappa shape index (κ2) is 6.75. The third kappa shape index (κ3) is 3.69. The van der Waals surface area contributed by atoms with E-state index in [1.807, 2.05) is 0 Å². The minimum Gasteiger partial charge on any atom is -0.393 e. The van der Waals surface area contributed by atoms with E-state index in [2.05, 4.69) is 11.8 Å². The van der Waals surface area contributed by atoms with Gasteiger partial charge in [-0.3, -0.25) is 0 Å². The molecule has 0 amide bonds. The Kier molecular flexibility index (Phi) is 5.30. The van der Waals surface area contributed by atoms with Gasteiger partial charge in [0, 0.05) is 12.6 Å². The summed E-state index contributed by atoms with van der Waals surface area (Å²) in [6, 6.07) is 0.808. The molecule has 0 bridgehead atoms. The van der Waals surface area contributed by atoms with Crippen LogP contribution >= 0.6 is 0 Å². The number of nitrogens with zero attached hydrogens (tertiary/aromatic N) is 1. The molecule has 0 aromatic carbocycles. The first-order chi connectivity index (χ1) is 8.31. The largest absolute Gasteiger partial charge is 0.393 e. The zero-order valence-corrected chi connectivity index (χ0v) is 11.4. The normalized spacial score (nSPS) is 36.0. The summed E-state index contributed by atoms with van der Waals surface area (Å²) >= 11 is 0. The molecule has 1 N–H and O–H groups in total. The van der Waals surface area contributed by atoms with Gasteiger partial charge in [0.2, 0.25) is 0 Å². The molecule has 2 fully saturated rings. The van der Waals surface area contributed by atoms with Crippen LogP contribution in [0.1, 0.15) is 64.7 Å². The maximum absolute atomic E-state index is 10.1. The van der Waals surface area contributed by atoms with Gasteiger partial charge in [-0.1, -0.05) is 32.6 Å². The first-order valence-corrected chi connectivity index (χ1v) is 7.73. The van der Waals surface area contributed by atoms with Crippen LogP contribution in [0, 0.1) is 5.92 Å². The number of aliphatic hydroxyl groups is 1. The summed E-state index contributed by atoms with van der Waals surface area (Å²) < 4.78 is 0. The Morgan fingerprint density at radius 2 is 1.82 bits per heavy atom. The molecule has 1 heterocycles. The van der Waals surface area contributed by atoms with E-state index >= 15 is 0 Å². The topological polar surface area (TPSA) is 23.5 Å². The van der Waals surface area contributed by atoms with Crippen LogP contribution in [0.3, 0.4) is 0 Å². The summed E-state index contributed by atoms with van der Waals surface area (Å²) in [5.74, 6) is 0.557. The number of aliphatic hydroxyl groups excluding tert-OH is 1. The van der Waals surface area contributed by atoms with E-state index in [0.29, 0.717) is 5.92 Å². The quantitative estimate of drug-likeness (QED) is 0.814. The molecule has 2 nitrogen and oxygen atoms in total. The molecule has 3 atom stereocenters. The maximum Gasteiger partial charge on any atom is 0.0580 e. The van der Waals surface area contributed by atoms with Crippen molar-refractivity contribution in [3.05, 3.63) is 0 Å². The van der Waals surface area contributed by atoms with E-state index in [4.69, 9.17) is 0 Å². The number of rotatable bonds is 4. The monoisotopic (exact) mass is 239 g/mol. The molecule has 0 spiro atoms. The Hall–Kier alpha value is -0.0800. The van der Waals surface area contributed by atoms with Crippen molar-refractivity contribution in [3.8, 4) is 0 Å². The van der Waals surface area contributed by atoms with Crippen LogP contribution in [-0.2, 0) is 0 Å². The molecule has 2 aliphatic rings. The minimum atomic E-state index is -0.0204. The molecule has 0 radical (unpaired) electrons. The van der Waals surface area contributed by atoms with Gasteiger partial charge in [0.25, 0.3) is 0 Å². The van der Waals surface area contributed by atoms with Crippen LogP contribution in [0.25, 0.3) is 0 Å². The van der Waals surface area contributed by atoms with Crippen LogP contribution in [0.15, 0.2) is 0 Å². The highest BCUT2D eigenvalue weighted by Crippen LogP contribution is 2.28. The molecule has 1 aliphatic carbocycles. The Morgan fingerprint density at radius 3 is 2.59 bits per heavy atom. The first kappa shape index (κ1) is 13.4. The predicted molar refractivity (Wildman–Crippen MR) is 72.1 cm³/mol. The van der Waals surface area contributed by atoms with Crippen LogP contribution < -0.4 is 0 Å². The summed E-state index contributed by atoms with van der Waals surface area (Å²) in [4.78, 5) is 2.69. The van der Waals surface area contributed by atoms with E-state index in [0.717, 1.165) is 19.0 Å². The molecular weight excluding hydrogens is 210 g/mol. The van der Waals surface area contributed by atoms with Crippen molar-refractivity contribution in [2.75, 3.05) is 13.1 Å². The van der Waals surface area contributed by atoms with Crippen molar-refractivity contribution in [3.63, 3.8) is 0 Å². The third-order valence-corrected chi connectivity index (χ3v) is 4.71. The lowest BCUT2D eigenvalue weighted by Crippen LogP contribution is -2.45. The molecule has 17 heavy (non-hydrogen) atoms. The summed E-state index contributed by atoms with van der Waals surface area (Å²) in [5, 5.41) is 10.1. The molecule has 0 aromatic heterocycles. The lowest BCUT2D eigenvalue weighted by molar-refractivity contribution is 0.0260. The van der Waals surface area contributed by atoms with Gasteiger partial charge in [-0.2, -0.15) is 0 Å². The Bertz CT molecular complexity index is 217. The zero-order chi connectivity index (χ0) is 12.1. The van der Waals surface area contributed by atoms with Crippen molar-refractivity contribution in [2.24, 2.45) is 5.92 Å². The van der Waals surface area contributed by atoms with Crippen LogP contribution in [-0.4, -0.2) is 35.2 Å². The lowest BCUT2D eigenvalue weighted by Gasteiger charge is -2.40. The second-order valence-corrected chi connectivity index (χ2v) is 6.05. The van der Waals surface area contributed by atoms with Crippen molar-refractivity contribution < 1.29 is 5.11 Å². The van der Waals surface area contributed by atoms with E-state index in [-0.39, 0.29) is 6.10 Å². The Balaban J connectivity index is 1.85. The molecule has 2 heteroatoms. The fourth-order valence-electron chi connectivity index (χ4n) is 3.66. The third-order valence-electron chi connectivity index (χ3n) is 4.71. The summed E-state index contributed by atoms with van der Waals surface area (Å²) in [6.07, 6.45) is 11.6. The van der Waals surface area contributed by atoms with Gasteiger partial charge in [-0.15, -0.1) is 0 Å². The molecule has 3 unspecified atom stereocenters. The molecule has 1 saturated heterocycles. The standard InChI is InChI=1S/C15H29NO/c1-2-7-14-9-5-6-11-16(14)12-13-8-3-4-10-15(13)17/h13-15,17H,2-12H2,1H3. The predicted octanol–water partition coefficient (Wildman–Crippen LogP) is 3.19. The minimum absolute atomic E-state index is 0.0204. The van der Waals surface area contributed by atoms with E-state index in [1.165, 1.54) is 57.9 Å². The second-order valence-electron chi connectivity index (χ2n) is 6.05. The molecule has 2 rings (SSSR count). The molecular formula is C15H29NO. The number of piperidine rings is 1. The van der Waals surface area contributed by atoms with E-state index in [9.17, 15) is 5.11 Å². The van der Waals surface area contributed by atoms with Crippen molar-refractivity contribution in [1.82, 2.24) is 4.90 Å².